The van der Waals surface area contributed by atoms with Crippen LogP contribution >= 0.6 is 0 Å². The Hall–Kier alpha value is -6.38. The van der Waals surface area contributed by atoms with Crippen LogP contribution in [0.4, 0.5) is 47.1 Å². The predicted octanol–water partition coefficient (Wildman–Crippen LogP) is 2.11. The van der Waals surface area contributed by atoms with Crippen molar-refractivity contribution in [3.63, 3.8) is 0 Å². The highest BCUT2D eigenvalue weighted by molar-refractivity contribution is 8.05. The Bertz CT molecular complexity index is 2450. The predicted molar refractivity (Wildman–Crippen MR) is 240 cm³/mol. The lowest BCUT2D eigenvalue weighted by Gasteiger charge is -2.44. The Morgan fingerprint density at radius 3 is 1.36 bits per heavy atom. The molecule has 1 aliphatic rings. The van der Waals surface area contributed by atoms with Gasteiger partial charge in [0, 0.05) is 49.9 Å². The summed E-state index contributed by atoms with van der Waals surface area (Å²) >= 11 is 0. The quantitative estimate of drug-likeness (QED) is 0.0270. The normalized spacial score (nSPS) is 15.7. The number of rotatable bonds is 22. The van der Waals surface area contributed by atoms with Crippen molar-refractivity contribution in [3.8, 4) is 0 Å². The minimum Gasteiger partial charge on any atom is -0.395 e. The van der Waals surface area contributed by atoms with Crippen LogP contribution in [-0.2, 0) is 20.2 Å². The first kappa shape index (κ1) is 47.1. The zero-order chi connectivity index (χ0) is 45.8. The van der Waals surface area contributed by atoms with Gasteiger partial charge in [0.15, 0.2) is 0 Å². The summed E-state index contributed by atoms with van der Waals surface area (Å²) in [7, 11) is -11.6. The maximum Gasteiger partial charge on any atom is 0.288 e. The van der Waals surface area contributed by atoms with Gasteiger partial charge in [0.25, 0.3) is 20.2 Å². The van der Waals surface area contributed by atoms with Gasteiger partial charge in [-0.2, -0.15) is 46.7 Å². The maximum atomic E-state index is 13.7. The number of hydrogen-bond donors (Lipinski definition) is 10. The van der Waals surface area contributed by atoms with E-state index in [9.17, 15) is 46.4 Å². The Morgan fingerprint density at radius 1 is 0.578 bits per heavy atom. The van der Waals surface area contributed by atoms with E-state index in [1.165, 1.54) is 28.0 Å². The number of nitrogens with zero attached hydrogens (tertiary/aromatic N) is 8. The second kappa shape index (κ2) is 20.9. The van der Waals surface area contributed by atoms with Gasteiger partial charge in [-0.1, -0.05) is 85.0 Å². The third kappa shape index (κ3) is 11.4. The molecule has 24 heteroatoms. The summed E-state index contributed by atoms with van der Waals surface area (Å²) in [5.74, 6) is -2.78. The van der Waals surface area contributed by atoms with E-state index >= 15 is 0 Å². The van der Waals surface area contributed by atoms with Crippen molar-refractivity contribution in [1.29, 1.82) is 0 Å². The van der Waals surface area contributed by atoms with Gasteiger partial charge in [0.05, 0.1) is 26.4 Å². The van der Waals surface area contributed by atoms with E-state index in [1.54, 1.807) is 91.0 Å². The molecule has 22 nitrogen and oxygen atoms in total. The summed E-state index contributed by atoms with van der Waals surface area (Å²) < 4.78 is 73.6. The van der Waals surface area contributed by atoms with Crippen LogP contribution in [0.2, 0.25) is 0 Å². The minimum atomic E-state index is -5.80. The van der Waals surface area contributed by atoms with E-state index in [0.717, 1.165) is 6.08 Å². The molecule has 340 valence electrons. The number of aliphatic hydroxyl groups excluding tert-OH is 4. The molecule has 0 saturated heterocycles. The van der Waals surface area contributed by atoms with Crippen LogP contribution in [0, 0.1) is 5.92 Å². The van der Waals surface area contributed by atoms with Gasteiger partial charge in [-0.05, 0) is 35.9 Å². The number of hydrogen-bond acceptors (Lipinski definition) is 20. The van der Waals surface area contributed by atoms with Gasteiger partial charge in [-0.15, -0.1) is 0 Å². The largest absolute Gasteiger partial charge is 0.395 e. The third-order valence-corrected chi connectivity index (χ3v) is 13.7. The summed E-state index contributed by atoms with van der Waals surface area (Å²) in [6, 6.07) is 25.9. The number of aliphatic hydroxyl groups is 4. The number of nitrogens with one attached hydrogen (secondary N) is 4. The van der Waals surface area contributed by atoms with Crippen LogP contribution in [0.3, 0.4) is 0 Å². The standard InChI is InChI=1S/C40H48N12O10S2/c53-24-20-51(21-25-54)37-45-33(41-31-12-6-2-7-13-31)43-35(47-37)49-39(19-18-30(17-16-29-10-4-1-5-11-29)40(28-39,63(57,58)59)64(60,61)62)50-36-44-34(42-32-14-8-3-9-15-32)46-38(48-36)52(22-26-55)23-27-56/h1-19,30,53-56H,20-28H2,(H,57,58,59)(H,60,61,62)(H2,41,43,45,47,49)(H2,42,44,46,48,50). The molecule has 0 amide bonds. The Kier molecular flexibility index (Phi) is 15.4. The van der Waals surface area contributed by atoms with Crippen LogP contribution in [0.15, 0.2) is 109 Å². The molecule has 6 rings (SSSR count). The second-order valence-corrected chi connectivity index (χ2v) is 17.8. The highest BCUT2D eigenvalue weighted by Crippen LogP contribution is 2.46. The molecule has 1 aliphatic carbocycles. The first-order valence-electron chi connectivity index (χ1n) is 19.7. The van der Waals surface area contributed by atoms with E-state index in [1.807, 2.05) is 0 Å². The molecule has 0 spiro atoms. The second-order valence-electron chi connectivity index (χ2n) is 14.2. The number of anilines is 8. The van der Waals surface area contributed by atoms with Gasteiger partial charge >= 0.3 is 0 Å². The van der Waals surface area contributed by atoms with Crippen LogP contribution < -0.4 is 31.1 Å². The number of allylic oxidation sites excluding steroid dienone is 2. The van der Waals surface area contributed by atoms with Gasteiger partial charge < -0.3 is 51.5 Å². The van der Waals surface area contributed by atoms with Gasteiger partial charge in [0.1, 0.15) is 5.66 Å². The van der Waals surface area contributed by atoms with Crippen molar-refractivity contribution in [1.82, 2.24) is 29.9 Å². The van der Waals surface area contributed by atoms with Gasteiger partial charge in [0.2, 0.25) is 39.8 Å². The van der Waals surface area contributed by atoms with Crippen LogP contribution in [-0.4, -0.2) is 139 Å². The molecule has 0 bridgehead atoms. The molecule has 64 heavy (non-hydrogen) atoms. The Morgan fingerprint density at radius 2 is 0.969 bits per heavy atom. The first-order chi connectivity index (χ1) is 30.7. The summed E-state index contributed by atoms with van der Waals surface area (Å²) in [4.78, 5) is 29.9. The molecule has 0 aliphatic heterocycles. The maximum absolute atomic E-state index is 13.7. The highest BCUT2D eigenvalue weighted by atomic mass is 32.3. The molecule has 1 unspecified atom stereocenters. The fourth-order valence-electron chi connectivity index (χ4n) is 6.87. The molecule has 2 aromatic heterocycles. The van der Waals surface area contributed by atoms with Crippen molar-refractivity contribution >= 4 is 73.4 Å². The zero-order valence-electron chi connectivity index (χ0n) is 34.1. The van der Waals surface area contributed by atoms with Gasteiger partial charge in [-0.3, -0.25) is 9.11 Å². The van der Waals surface area contributed by atoms with Crippen LogP contribution in [0.1, 0.15) is 12.0 Å². The number of benzene rings is 3. The SMILES string of the molecule is O=S(=O)(O)C1(S(=O)(=O)O)CC(Nc2nc(Nc3ccccc3)nc(N(CCO)CCO)n2)(Nc2nc(Nc3ccccc3)nc(N(CCO)CCO)n2)C=CC1C=Cc1ccccc1. The minimum absolute atomic E-state index is 0.0505. The van der Waals surface area contributed by atoms with E-state index in [4.69, 9.17) is 0 Å². The Balaban J connectivity index is 1.59. The average Bonchev–Trinajstić information content (AvgIpc) is 3.26. The average molecular weight is 921 g/mol. The molecular weight excluding hydrogens is 873 g/mol. The lowest BCUT2D eigenvalue weighted by molar-refractivity contribution is 0.279. The zero-order valence-corrected chi connectivity index (χ0v) is 35.8. The highest BCUT2D eigenvalue weighted by Gasteiger charge is 2.64. The van der Waals surface area contributed by atoms with Crippen molar-refractivity contribution in [2.45, 2.75) is 16.2 Å². The fraction of sp³-hybridized carbons (Fsp3) is 0.300. The molecule has 2 heterocycles. The lowest BCUT2D eigenvalue weighted by Crippen LogP contribution is -2.62. The first-order valence-corrected chi connectivity index (χ1v) is 22.6. The smallest absolute Gasteiger partial charge is 0.288 e. The molecule has 0 saturated carbocycles. The number of aromatic nitrogens is 6. The van der Waals surface area contributed by atoms with E-state index in [-0.39, 0.29) is 88.3 Å². The summed E-state index contributed by atoms with van der Waals surface area (Å²) in [6.45, 7) is -1.71. The molecule has 0 fully saturated rings. The molecule has 10 N–H and O–H groups in total. The Labute approximate surface area is 369 Å². The van der Waals surface area contributed by atoms with Crippen molar-refractivity contribution in [2.75, 3.05) is 83.7 Å². The van der Waals surface area contributed by atoms with Crippen LogP contribution in [0.5, 0.6) is 0 Å². The monoisotopic (exact) mass is 920 g/mol. The van der Waals surface area contributed by atoms with Crippen molar-refractivity contribution < 1.29 is 46.4 Å². The van der Waals surface area contributed by atoms with Crippen molar-refractivity contribution in [2.24, 2.45) is 5.92 Å². The molecular formula is C40H48N12O10S2. The third-order valence-electron chi connectivity index (χ3n) is 9.81. The number of para-hydroxylation sites is 2. The van der Waals surface area contributed by atoms with Crippen LogP contribution in [0.25, 0.3) is 6.08 Å². The molecule has 3 aromatic carbocycles. The van der Waals surface area contributed by atoms with E-state index in [2.05, 4.69) is 51.2 Å². The summed E-state index contributed by atoms with van der Waals surface area (Å²) in [5, 5.41) is 51.6. The molecule has 0 radical (unpaired) electrons. The summed E-state index contributed by atoms with van der Waals surface area (Å²) in [6.07, 6.45) is 3.92. The van der Waals surface area contributed by atoms with Gasteiger partial charge in [-0.25, -0.2) is 0 Å². The fourth-order valence-corrected chi connectivity index (χ4v) is 9.76. The van der Waals surface area contributed by atoms with Crippen molar-refractivity contribution in [3.05, 3.63) is 115 Å². The topological polar surface area (TPSA) is 322 Å². The molecule has 1 atom stereocenters. The van der Waals surface area contributed by atoms with E-state index in [0.29, 0.717) is 16.9 Å². The lowest BCUT2D eigenvalue weighted by atomic mass is 9.86. The molecule has 5 aromatic rings. The van der Waals surface area contributed by atoms with E-state index < -0.39 is 42.3 Å². The summed E-state index contributed by atoms with van der Waals surface area (Å²) in [5.41, 5.74) is -0.668.